The van der Waals surface area contributed by atoms with Crippen LogP contribution in [0, 0.1) is 5.92 Å². The van der Waals surface area contributed by atoms with Crippen molar-refractivity contribution in [3.63, 3.8) is 0 Å². The van der Waals surface area contributed by atoms with E-state index in [2.05, 4.69) is 16.8 Å². The lowest BCUT2D eigenvalue weighted by Gasteiger charge is -2.34. The summed E-state index contributed by atoms with van der Waals surface area (Å²) in [6.07, 6.45) is 8.10. The lowest BCUT2D eigenvalue weighted by Crippen LogP contribution is -2.44. The summed E-state index contributed by atoms with van der Waals surface area (Å²) in [5, 5.41) is 0. The van der Waals surface area contributed by atoms with E-state index in [0.717, 1.165) is 57.8 Å². The molecule has 24 heavy (non-hydrogen) atoms. The van der Waals surface area contributed by atoms with Crippen LogP contribution in [0.25, 0.3) is 0 Å². The smallest absolute Gasteiger partial charge is 0.244 e. The molecule has 0 aromatic carbocycles. The van der Waals surface area contributed by atoms with Crippen LogP contribution < -0.4 is 0 Å². The Kier molecular flexibility index (Phi) is 6.21. The van der Waals surface area contributed by atoms with Gasteiger partial charge < -0.3 is 9.64 Å². The second-order valence-corrected chi connectivity index (χ2v) is 6.86. The van der Waals surface area contributed by atoms with Crippen LogP contribution in [0.3, 0.4) is 0 Å². The zero-order valence-corrected chi connectivity index (χ0v) is 14.7. The van der Waals surface area contributed by atoms with E-state index >= 15 is 0 Å². The first-order chi connectivity index (χ1) is 11.8. The number of amides is 1. The van der Waals surface area contributed by atoms with Gasteiger partial charge in [-0.15, -0.1) is 0 Å². The molecule has 0 N–H and O–H groups in total. The molecule has 3 heterocycles. The van der Waals surface area contributed by atoms with E-state index in [4.69, 9.17) is 4.74 Å². The van der Waals surface area contributed by atoms with Crippen LogP contribution in [0.15, 0.2) is 24.5 Å². The van der Waals surface area contributed by atoms with Crippen LogP contribution in [-0.2, 0) is 9.53 Å². The molecule has 3 rings (SSSR count). The second-order valence-electron chi connectivity index (χ2n) is 6.86. The van der Waals surface area contributed by atoms with Crippen LogP contribution in [0.2, 0.25) is 0 Å². The largest absolute Gasteiger partial charge is 0.381 e. The van der Waals surface area contributed by atoms with E-state index in [1.807, 2.05) is 23.2 Å². The van der Waals surface area contributed by atoms with E-state index in [9.17, 15) is 4.79 Å². The normalized spacial score (nSPS) is 20.9. The maximum Gasteiger partial charge on any atom is 0.244 e. The van der Waals surface area contributed by atoms with Gasteiger partial charge in [-0.05, 0) is 63.2 Å². The average Bonchev–Trinajstić information content (AvgIpc) is 3.16. The number of likely N-dealkylation sites (tertiary alicyclic amines) is 1. The third kappa shape index (κ3) is 4.14. The molecule has 0 radical (unpaired) electrons. The Morgan fingerprint density at radius 2 is 2.12 bits per heavy atom. The van der Waals surface area contributed by atoms with Crippen LogP contribution >= 0.6 is 0 Å². The number of pyridine rings is 1. The first-order valence-corrected chi connectivity index (χ1v) is 9.30. The fourth-order valence-electron chi connectivity index (χ4n) is 3.84. The van der Waals surface area contributed by atoms with E-state index in [1.165, 1.54) is 12.8 Å². The van der Waals surface area contributed by atoms with Crippen molar-refractivity contribution in [1.29, 1.82) is 0 Å². The Balaban J connectivity index is 1.75. The topological polar surface area (TPSA) is 45.7 Å². The molecule has 2 saturated heterocycles. The van der Waals surface area contributed by atoms with Gasteiger partial charge in [-0.2, -0.15) is 0 Å². The maximum atomic E-state index is 13.4. The molecular formula is C19H29N3O2. The molecule has 0 aliphatic carbocycles. The highest BCUT2D eigenvalue weighted by atomic mass is 16.5. The average molecular weight is 331 g/mol. The lowest BCUT2D eigenvalue weighted by molar-refractivity contribution is -0.138. The van der Waals surface area contributed by atoms with Gasteiger partial charge in [0.2, 0.25) is 5.91 Å². The van der Waals surface area contributed by atoms with Crippen LogP contribution in [0.5, 0.6) is 0 Å². The standard InChI is InChI=1S/C19H29N3O2/c1-2-21(15-16-7-12-24-13-8-16)19(23)18(22-10-3-4-11-22)17-6-5-9-20-14-17/h5-6,9,14,16,18H,2-4,7-8,10-13,15H2,1H3/t18-/m1/s1. The summed E-state index contributed by atoms with van der Waals surface area (Å²) in [4.78, 5) is 22.0. The van der Waals surface area contributed by atoms with E-state index in [-0.39, 0.29) is 11.9 Å². The fraction of sp³-hybridized carbons (Fsp3) is 0.684. The van der Waals surface area contributed by atoms with Crippen molar-refractivity contribution >= 4 is 5.91 Å². The van der Waals surface area contributed by atoms with Gasteiger partial charge in [0.1, 0.15) is 6.04 Å². The van der Waals surface area contributed by atoms with E-state index < -0.39 is 0 Å². The van der Waals surface area contributed by atoms with Gasteiger partial charge in [0.05, 0.1) is 0 Å². The molecule has 2 aliphatic heterocycles. The fourth-order valence-corrected chi connectivity index (χ4v) is 3.84. The Bertz CT molecular complexity index is 511. The molecule has 1 amide bonds. The highest BCUT2D eigenvalue weighted by molar-refractivity contribution is 5.83. The molecule has 0 saturated carbocycles. The molecule has 1 aromatic heterocycles. The van der Waals surface area contributed by atoms with Crippen molar-refractivity contribution in [2.75, 3.05) is 39.4 Å². The minimum absolute atomic E-state index is 0.180. The van der Waals surface area contributed by atoms with Gasteiger partial charge in [0, 0.05) is 38.7 Å². The number of ether oxygens (including phenoxy) is 1. The minimum atomic E-state index is -0.180. The molecular weight excluding hydrogens is 302 g/mol. The highest BCUT2D eigenvalue weighted by Crippen LogP contribution is 2.27. The van der Waals surface area contributed by atoms with Gasteiger partial charge in [-0.3, -0.25) is 14.7 Å². The third-order valence-electron chi connectivity index (χ3n) is 5.25. The number of hydrogen-bond donors (Lipinski definition) is 0. The molecule has 0 unspecified atom stereocenters. The van der Waals surface area contributed by atoms with Crippen molar-refractivity contribution in [1.82, 2.24) is 14.8 Å². The maximum absolute atomic E-state index is 13.4. The second kappa shape index (κ2) is 8.58. The molecule has 5 heteroatoms. The number of rotatable bonds is 6. The summed E-state index contributed by atoms with van der Waals surface area (Å²) in [6.45, 7) is 7.36. The summed E-state index contributed by atoms with van der Waals surface area (Å²) in [6, 6.07) is 3.79. The van der Waals surface area contributed by atoms with Crippen molar-refractivity contribution in [2.24, 2.45) is 5.92 Å². The molecule has 1 atom stereocenters. The summed E-state index contributed by atoms with van der Waals surface area (Å²) in [5.74, 6) is 0.801. The number of nitrogens with zero attached hydrogens (tertiary/aromatic N) is 3. The van der Waals surface area contributed by atoms with Crippen LogP contribution in [-0.4, -0.2) is 60.1 Å². The van der Waals surface area contributed by atoms with Gasteiger partial charge >= 0.3 is 0 Å². The van der Waals surface area contributed by atoms with E-state index in [1.54, 1.807) is 6.20 Å². The third-order valence-corrected chi connectivity index (χ3v) is 5.25. The zero-order valence-electron chi connectivity index (χ0n) is 14.7. The summed E-state index contributed by atoms with van der Waals surface area (Å²) >= 11 is 0. The van der Waals surface area contributed by atoms with Crippen LogP contribution in [0.1, 0.15) is 44.2 Å². The van der Waals surface area contributed by atoms with Gasteiger partial charge in [-0.1, -0.05) is 6.07 Å². The van der Waals surface area contributed by atoms with E-state index in [0.29, 0.717) is 5.92 Å². The monoisotopic (exact) mass is 331 g/mol. The molecule has 2 aliphatic rings. The van der Waals surface area contributed by atoms with Gasteiger partial charge in [0.15, 0.2) is 0 Å². The highest BCUT2D eigenvalue weighted by Gasteiger charge is 2.33. The summed E-state index contributed by atoms with van der Waals surface area (Å²) < 4.78 is 5.45. The minimum Gasteiger partial charge on any atom is -0.381 e. The number of carbonyl (C=O) groups is 1. The zero-order chi connectivity index (χ0) is 16.8. The number of carbonyl (C=O) groups excluding carboxylic acids is 1. The van der Waals surface area contributed by atoms with Crippen molar-refractivity contribution in [2.45, 2.75) is 38.6 Å². The number of hydrogen-bond acceptors (Lipinski definition) is 4. The molecule has 1 aromatic rings. The van der Waals surface area contributed by atoms with Crippen LogP contribution in [0.4, 0.5) is 0 Å². The lowest BCUT2D eigenvalue weighted by atomic mass is 9.98. The molecule has 0 bridgehead atoms. The molecule has 132 valence electrons. The Labute approximate surface area is 145 Å². The quantitative estimate of drug-likeness (QED) is 0.803. The summed E-state index contributed by atoms with van der Waals surface area (Å²) in [5.41, 5.74) is 1.02. The Morgan fingerprint density at radius 1 is 1.38 bits per heavy atom. The SMILES string of the molecule is CCN(CC1CCOCC1)C(=O)[C@@H](c1cccnc1)N1CCCC1. The molecule has 0 spiro atoms. The van der Waals surface area contributed by atoms with Crippen molar-refractivity contribution in [3.8, 4) is 0 Å². The predicted molar refractivity (Wildman–Crippen MR) is 93.6 cm³/mol. The van der Waals surface area contributed by atoms with Gasteiger partial charge in [0.25, 0.3) is 0 Å². The molecule has 5 nitrogen and oxygen atoms in total. The Morgan fingerprint density at radius 3 is 2.75 bits per heavy atom. The number of aromatic nitrogens is 1. The molecule has 2 fully saturated rings. The van der Waals surface area contributed by atoms with Gasteiger partial charge in [-0.25, -0.2) is 0 Å². The van der Waals surface area contributed by atoms with Crippen molar-refractivity contribution < 1.29 is 9.53 Å². The Hall–Kier alpha value is -1.46. The van der Waals surface area contributed by atoms with Crippen molar-refractivity contribution in [3.05, 3.63) is 30.1 Å². The summed E-state index contributed by atoms with van der Waals surface area (Å²) in [7, 11) is 0. The number of likely N-dealkylation sites (N-methyl/N-ethyl adjacent to an activating group) is 1. The first-order valence-electron chi connectivity index (χ1n) is 9.30. The first kappa shape index (κ1) is 17.4. The predicted octanol–water partition coefficient (Wildman–Crippen LogP) is 2.49.